The van der Waals surface area contributed by atoms with Gasteiger partial charge in [0, 0.05) is 5.38 Å². The largest absolute Gasteiger partial charge is 0.122 e. The maximum Gasteiger partial charge on any atom is 0.0396 e. The molecule has 0 aromatic rings. The lowest BCUT2D eigenvalue weighted by molar-refractivity contribution is 0.621. The summed E-state index contributed by atoms with van der Waals surface area (Å²) in [5, 5.41) is 0.511. The molecule has 54 valence electrons. The van der Waals surface area contributed by atoms with Gasteiger partial charge in [-0.2, -0.15) is 0 Å². The van der Waals surface area contributed by atoms with Crippen molar-refractivity contribution in [2.45, 2.75) is 38.5 Å². The zero-order chi connectivity index (χ0) is 6.85. The fourth-order valence-corrected chi connectivity index (χ4v) is 1.81. The maximum atomic E-state index is 5.94. The Morgan fingerprint density at radius 2 is 2.00 bits per heavy atom. The van der Waals surface area contributed by atoms with Crippen molar-refractivity contribution in [3.8, 4) is 0 Å². The number of hydrogen-bond donors (Lipinski definition) is 0. The fraction of sp³-hybridized carbons (Fsp3) is 1.00. The van der Waals surface area contributed by atoms with Crippen LogP contribution < -0.4 is 0 Å². The van der Waals surface area contributed by atoms with Crippen molar-refractivity contribution in [3.63, 3.8) is 0 Å². The van der Waals surface area contributed by atoms with Crippen LogP contribution in [0.15, 0.2) is 0 Å². The van der Waals surface area contributed by atoms with Crippen LogP contribution in [0.4, 0.5) is 0 Å². The first-order valence-corrected chi connectivity index (χ1v) is 4.35. The lowest BCUT2D eigenvalue weighted by Crippen LogP contribution is -1.79. The van der Waals surface area contributed by atoms with Crippen LogP contribution in [0.1, 0.15) is 33.1 Å². The third kappa shape index (κ3) is 1.61. The number of hydrogen-bond acceptors (Lipinski definition) is 0. The van der Waals surface area contributed by atoms with Gasteiger partial charge in [-0.05, 0) is 18.3 Å². The van der Waals surface area contributed by atoms with Gasteiger partial charge in [0.25, 0.3) is 0 Å². The summed E-state index contributed by atoms with van der Waals surface area (Å²) in [5.41, 5.74) is 0. The van der Waals surface area contributed by atoms with Crippen LogP contribution in [-0.4, -0.2) is 5.38 Å². The highest BCUT2D eigenvalue weighted by Gasteiger charge is 2.43. The zero-order valence-electron chi connectivity index (χ0n) is 6.23. The summed E-state index contributed by atoms with van der Waals surface area (Å²) < 4.78 is 0. The smallest absolute Gasteiger partial charge is 0.0396 e. The summed E-state index contributed by atoms with van der Waals surface area (Å²) in [4.78, 5) is 0. The number of halogens is 1. The molecule has 0 aliphatic heterocycles. The van der Waals surface area contributed by atoms with Crippen molar-refractivity contribution in [1.82, 2.24) is 0 Å². The van der Waals surface area contributed by atoms with E-state index in [0.29, 0.717) is 5.38 Å². The van der Waals surface area contributed by atoms with Crippen molar-refractivity contribution in [1.29, 1.82) is 0 Å². The highest BCUT2D eigenvalue weighted by Crippen LogP contribution is 2.46. The lowest BCUT2D eigenvalue weighted by Gasteiger charge is -1.91. The summed E-state index contributed by atoms with van der Waals surface area (Å²) >= 11 is 5.94. The molecule has 1 fully saturated rings. The quantitative estimate of drug-likeness (QED) is 0.537. The first-order valence-electron chi connectivity index (χ1n) is 3.91. The molecule has 0 radical (unpaired) electrons. The molecule has 9 heavy (non-hydrogen) atoms. The van der Waals surface area contributed by atoms with Gasteiger partial charge in [0.2, 0.25) is 0 Å². The minimum atomic E-state index is 0.511. The predicted molar refractivity (Wildman–Crippen MR) is 41.8 cm³/mol. The molecule has 1 aliphatic carbocycles. The Morgan fingerprint density at radius 1 is 1.44 bits per heavy atom. The minimum absolute atomic E-state index is 0.511. The van der Waals surface area contributed by atoms with E-state index in [1.807, 2.05) is 0 Å². The standard InChI is InChI=1S/C8H15Cl/c1-3-4-5-7-6(2)8(7)9/h6-8H,3-5H2,1-2H3. The first-order chi connectivity index (χ1) is 4.27. The molecule has 0 aromatic heterocycles. The molecule has 1 heteroatoms. The van der Waals surface area contributed by atoms with Crippen molar-refractivity contribution in [3.05, 3.63) is 0 Å². The van der Waals surface area contributed by atoms with E-state index in [-0.39, 0.29) is 0 Å². The van der Waals surface area contributed by atoms with Crippen LogP contribution in [-0.2, 0) is 0 Å². The van der Waals surface area contributed by atoms with Gasteiger partial charge in [-0.25, -0.2) is 0 Å². The third-order valence-electron chi connectivity index (χ3n) is 2.34. The van der Waals surface area contributed by atoms with Gasteiger partial charge in [0.15, 0.2) is 0 Å². The minimum Gasteiger partial charge on any atom is -0.122 e. The summed E-state index contributed by atoms with van der Waals surface area (Å²) in [7, 11) is 0. The molecule has 0 saturated heterocycles. The molecule has 0 heterocycles. The summed E-state index contributed by atoms with van der Waals surface area (Å²) in [5.74, 6) is 1.66. The van der Waals surface area contributed by atoms with Crippen molar-refractivity contribution in [2.24, 2.45) is 11.8 Å². The Bertz CT molecular complexity index is 82.6. The van der Waals surface area contributed by atoms with Crippen LogP contribution in [0.2, 0.25) is 0 Å². The molecule has 3 unspecified atom stereocenters. The van der Waals surface area contributed by atoms with Crippen LogP contribution in [0.25, 0.3) is 0 Å². The second-order valence-corrected chi connectivity index (χ2v) is 3.61. The Kier molecular flexibility index (Phi) is 2.40. The SMILES string of the molecule is CCCCC1C(C)C1Cl. The average molecular weight is 147 g/mol. The van der Waals surface area contributed by atoms with E-state index in [2.05, 4.69) is 13.8 Å². The molecule has 1 saturated carbocycles. The topological polar surface area (TPSA) is 0 Å². The van der Waals surface area contributed by atoms with E-state index in [1.165, 1.54) is 19.3 Å². The number of alkyl halides is 1. The molecule has 0 N–H and O–H groups in total. The molecule has 3 atom stereocenters. The van der Waals surface area contributed by atoms with Gasteiger partial charge in [-0.1, -0.05) is 26.7 Å². The molecule has 1 rings (SSSR count). The van der Waals surface area contributed by atoms with Crippen LogP contribution in [0.5, 0.6) is 0 Å². The van der Waals surface area contributed by atoms with Crippen LogP contribution in [0.3, 0.4) is 0 Å². The van der Waals surface area contributed by atoms with E-state index in [0.717, 1.165) is 11.8 Å². The average Bonchev–Trinajstić information content (AvgIpc) is 2.39. The Labute approximate surface area is 62.6 Å². The van der Waals surface area contributed by atoms with E-state index in [4.69, 9.17) is 11.6 Å². The number of unbranched alkanes of at least 4 members (excludes halogenated alkanes) is 1. The van der Waals surface area contributed by atoms with Gasteiger partial charge in [0.05, 0.1) is 0 Å². The van der Waals surface area contributed by atoms with Crippen molar-refractivity contribution < 1.29 is 0 Å². The van der Waals surface area contributed by atoms with Gasteiger partial charge in [-0.15, -0.1) is 11.6 Å². The molecular formula is C8H15Cl. The summed E-state index contributed by atoms with van der Waals surface area (Å²) in [6.07, 6.45) is 4.02. The second kappa shape index (κ2) is 2.92. The molecular weight excluding hydrogens is 132 g/mol. The maximum absolute atomic E-state index is 5.94. The van der Waals surface area contributed by atoms with E-state index >= 15 is 0 Å². The summed E-state index contributed by atoms with van der Waals surface area (Å²) in [6, 6.07) is 0. The second-order valence-electron chi connectivity index (χ2n) is 3.11. The lowest BCUT2D eigenvalue weighted by atomic mass is 10.2. The molecule has 0 aromatic carbocycles. The van der Waals surface area contributed by atoms with Gasteiger partial charge >= 0.3 is 0 Å². The van der Waals surface area contributed by atoms with Crippen molar-refractivity contribution >= 4 is 11.6 Å². The van der Waals surface area contributed by atoms with E-state index in [9.17, 15) is 0 Å². The van der Waals surface area contributed by atoms with Crippen molar-refractivity contribution in [2.75, 3.05) is 0 Å². The molecule has 0 amide bonds. The molecule has 1 aliphatic rings. The van der Waals surface area contributed by atoms with Gasteiger partial charge in [-0.3, -0.25) is 0 Å². The highest BCUT2D eigenvalue weighted by molar-refractivity contribution is 6.22. The van der Waals surface area contributed by atoms with Crippen LogP contribution >= 0.6 is 11.6 Å². The van der Waals surface area contributed by atoms with E-state index in [1.54, 1.807) is 0 Å². The van der Waals surface area contributed by atoms with Crippen LogP contribution in [0, 0.1) is 11.8 Å². The normalized spacial score (nSPS) is 41.0. The predicted octanol–water partition coefficient (Wildman–Crippen LogP) is 3.05. The molecule has 0 nitrogen and oxygen atoms in total. The zero-order valence-corrected chi connectivity index (χ0v) is 6.99. The number of rotatable bonds is 3. The fourth-order valence-electron chi connectivity index (χ4n) is 1.35. The summed E-state index contributed by atoms with van der Waals surface area (Å²) in [6.45, 7) is 4.48. The Balaban J connectivity index is 2.04. The van der Waals surface area contributed by atoms with Gasteiger partial charge < -0.3 is 0 Å². The Morgan fingerprint density at radius 3 is 2.33 bits per heavy atom. The molecule has 0 spiro atoms. The van der Waals surface area contributed by atoms with E-state index < -0.39 is 0 Å². The first kappa shape index (κ1) is 7.40. The monoisotopic (exact) mass is 146 g/mol. The highest BCUT2D eigenvalue weighted by atomic mass is 35.5. The molecule has 0 bridgehead atoms. The van der Waals surface area contributed by atoms with Gasteiger partial charge in [0.1, 0.15) is 0 Å². The third-order valence-corrected chi connectivity index (χ3v) is 3.06. The Hall–Kier alpha value is 0.290.